The molecule has 1 aromatic carbocycles. The number of amides is 2. The van der Waals surface area contributed by atoms with Crippen LogP contribution in [0.25, 0.3) is 10.9 Å². The summed E-state index contributed by atoms with van der Waals surface area (Å²) in [6.45, 7) is 2.27. The molecule has 2 aromatic rings. The highest BCUT2D eigenvalue weighted by Gasteiger charge is 2.33. The summed E-state index contributed by atoms with van der Waals surface area (Å²) >= 11 is 12.2. The van der Waals surface area contributed by atoms with Crippen molar-refractivity contribution in [1.82, 2.24) is 14.8 Å². The summed E-state index contributed by atoms with van der Waals surface area (Å²) in [6.07, 6.45) is 0. The summed E-state index contributed by atoms with van der Waals surface area (Å²) in [4.78, 5) is 30.5. The Morgan fingerprint density at radius 1 is 1.35 bits per heavy atom. The van der Waals surface area contributed by atoms with Crippen molar-refractivity contribution in [1.29, 1.82) is 0 Å². The van der Waals surface area contributed by atoms with Crippen molar-refractivity contribution in [3.05, 3.63) is 33.7 Å². The predicted octanol–water partition coefficient (Wildman–Crippen LogP) is 2.92. The molecule has 5 nitrogen and oxygen atoms in total. The van der Waals surface area contributed by atoms with Crippen molar-refractivity contribution in [2.45, 2.75) is 13.0 Å². The van der Waals surface area contributed by atoms with Crippen molar-refractivity contribution < 1.29 is 14.0 Å². The molecule has 0 bridgehead atoms. The molecule has 1 fully saturated rings. The first-order chi connectivity index (χ1) is 10.8. The molecule has 0 spiro atoms. The number of aromatic nitrogens is 1. The number of carbonyl (C=O) groups excluding carboxylic acids is 2. The van der Waals surface area contributed by atoms with Gasteiger partial charge in [-0.15, -0.1) is 0 Å². The van der Waals surface area contributed by atoms with E-state index < -0.39 is 11.7 Å². The fourth-order valence-corrected chi connectivity index (χ4v) is 3.40. The maximum absolute atomic E-state index is 13.6. The van der Waals surface area contributed by atoms with Crippen LogP contribution in [0.2, 0.25) is 10.0 Å². The fourth-order valence-electron chi connectivity index (χ4n) is 2.77. The van der Waals surface area contributed by atoms with Gasteiger partial charge in [-0.3, -0.25) is 9.59 Å². The number of aromatic amines is 1. The summed E-state index contributed by atoms with van der Waals surface area (Å²) in [5.41, 5.74) is 0.580. The summed E-state index contributed by atoms with van der Waals surface area (Å²) in [7, 11) is 1.69. The largest absolute Gasteiger partial charge is 0.349 e. The van der Waals surface area contributed by atoms with E-state index in [1.807, 2.05) is 6.92 Å². The van der Waals surface area contributed by atoms with E-state index in [2.05, 4.69) is 4.98 Å². The highest BCUT2D eigenvalue weighted by Crippen LogP contribution is 2.35. The van der Waals surface area contributed by atoms with Gasteiger partial charge >= 0.3 is 0 Å². The van der Waals surface area contributed by atoms with Crippen molar-refractivity contribution in [3.63, 3.8) is 0 Å². The van der Waals surface area contributed by atoms with Crippen LogP contribution in [0.4, 0.5) is 4.39 Å². The van der Waals surface area contributed by atoms with E-state index in [1.165, 1.54) is 17.0 Å². The minimum absolute atomic E-state index is 0.0235. The van der Waals surface area contributed by atoms with Gasteiger partial charge in [0.15, 0.2) is 0 Å². The number of piperazine rings is 1. The van der Waals surface area contributed by atoms with E-state index >= 15 is 0 Å². The topological polar surface area (TPSA) is 56.4 Å². The highest BCUT2D eigenvalue weighted by molar-refractivity contribution is 6.44. The standard InChI is InChI=1S/C15H14Cl2FN3O2/c1-7-5-20(2)10(22)6-21(7)15(23)14-13(17)11-9(19-14)4-3-8(18)12(11)16/h3-4,7,19H,5-6H2,1-2H3/t7-/m1/s1. The number of H-pyrrole nitrogens is 1. The van der Waals surface area contributed by atoms with Crippen LogP contribution in [0, 0.1) is 5.82 Å². The number of halogens is 3. The van der Waals surface area contributed by atoms with Crippen LogP contribution in [0.1, 0.15) is 17.4 Å². The van der Waals surface area contributed by atoms with Gasteiger partial charge in [0.1, 0.15) is 18.1 Å². The van der Waals surface area contributed by atoms with Crippen LogP contribution >= 0.6 is 23.2 Å². The Labute approximate surface area is 141 Å². The highest BCUT2D eigenvalue weighted by atomic mass is 35.5. The van der Waals surface area contributed by atoms with Crippen LogP contribution < -0.4 is 0 Å². The molecule has 0 unspecified atom stereocenters. The quantitative estimate of drug-likeness (QED) is 0.852. The van der Waals surface area contributed by atoms with E-state index in [4.69, 9.17) is 23.2 Å². The third kappa shape index (κ3) is 2.56. The molecule has 8 heteroatoms. The summed E-state index contributed by atoms with van der Waals surface area (Å²) < 4.78 is 13.6. The maximum Gasteiger partial charge on any atom is 0.272 e. The van der Waals surface area contributed by atoms with Gasteiger partial charge in [-0.05, 0) is 19.1 Å². The van der Waals surface area contributed by atoms with Crippen molar-refractivity contribution in [3.8, 4) is 0 Å². The lowest BCUT2D eigenvalue weighted by Crippen LogP contribution is -2.55. The molecule has 23 heavy (non-hydrogen) atoms. The lowest BCUT2D eigenvalue weighted by Gasteiger charge is -2.37. The van der Waals surface area contributed by atoms with Gasteiger partial charge in [-0.2, -0.15) is 0 Å². The van der Waals surface area contributed by atoms with Crippen LogP contribution in [0.3, 0.4) is 0 Å². The number of nitrogens with zero attached hydrogens (tertiary/aromatic N) is 2. The molecule has 1 aromatic heterocycles. The Balaban J connectivity index is 2.03. The molecule has 0 saturated carbocycles. The average Bonchev–Trinajstić information content (AvgIpc) is 2.84. The van der Waals surface area contributed by atoms with Gasteiger partial charge in [0, 0.05) is 30.5 Å². The Morgan fingerprint density at radius 3 is 2.74 bits per heavy atom. The van der Waals surface area contributed by atoms with Crippen LogP contribution in [-0.4, -0.2) is 52.8 Å². The van der Waals surface area contributed by atoms with E-state index in [1.54, 1.807) is 11.9 Å². The zero-order chi connectivity index (χ0) is 16.9. The van der Waals surface area contributed by atoms with Gasteiger partial charge in [-0.1, -0.05) is 23.2 Å². The normalized spacial score (nSPS) is 18.8. The molecule has 2 heterocycles. The zero-order valence-electron chi connectivity index (χ0n) is 12.5. The van der Waals surface area contributed by atoms with E-state index in [0.29, 0.717) is 12.1 Å². The molecule has 0 radical (unpaired) electrons. The lowest BCUT2D eigenvalue weighted by atomic mass is 10.1. The second-order valence-electron chi connectivity index (χ2n) is 5.65. The molecule has 1 aliphatic heterocycles. The minimum atomic E-state index is -0.609. The van der Waals surface area contributed by atoms with Crippen LogP contribution in [0.15, 0.2) is 12.1 Å². The first kappa shape index (κ1) is 16.1. The summed E-state index contributed by atoms with van der Waals surface area (Å²) in [6, 6.07) is 2.52. The van der Waals surface area contributed by atoms with Crippen molar-refractivity contribution in [2.75, 3.05) is 20.1 Å². The maximum atomic E-state index is 13.6. The Hall–Kier alpha value is -1.79. The van der Waals surface area contributed by atoms with Gasteiger partial charge in [0.25, 0.3) is 5.91 Å². The molecule has 3 rings (SSSR count). The SMILES string of the molecule is C[C@@H]1CN(C)C(=O)CN1C(=O)c1[nH]c2ccc(F)c(Cl)c2c1Cl. The number of rotatable bonds is 1. The Kier molecular flexibility index (Phi) is 3.98. The zero-order valence-corrected chi connectivity index (χ0v) is 14.0. The number of hydrogen-bond donors (Lipinski definition) is 1. The molecule has 1 atom stereocenters. The second kappa shape index (κ2) is 5.69. The Bertz CT molecular complexity index is 821. The molecule has 2 amide bonds. The Morgan fingerprint density at radius 2 is 2.04 bits per heavy atom. The van der Waals surface area contributed by atoms with Gasteiger partial charge in [0.05, 0.1) is 10.0 Å². The molecule has 122 valence electrons. The monoisotopic (exact) mass is 357 g/mol. The molecular formula is C15H14Cl2FN3O2. The minimum Gasteiger partial charge on any atom is -0.349 e. The number of benzene rings is 1. The van der Waals surface area contributed by atoms with Gasteiger partial charge in [-0.25, -0.2) is 4.39 Å². The number of nitrogens with one attached hydrogen (secondary N) is 1. The molecule has 0 aliphatic carbocycles. The van der Waals surface area contributed by atoms with Crippen molar-refractivity contribution in [2.24, 2.45) is 0 Å². The van der Waals surface area contributed by atoms with Crippen LogP contribution in [0.5, 0.6) is 0 Å². The summed E-state index contributed by atoms with van der Waals surface area (Å²) in [5.74, 6) is -1.16. The van der Waals surface area contributed by atoms with E-state index in [0.717, 1.165) is 0 Å². The molecule has 1 saturated heterocycles. The summed E-state index contributed by atoms with van der Waals surface area (Å²) in [5, 5.41) is 0.197. The number of carbonyl (C=O) groups is 2. The third-order valence-electron chi connectivity index (χ3n) is 4.07. The van der Waals surface area contributed by atoms with Crippen molar-refractivity contribution >= 4 is 45.9 Å². The van der Waals surface area contributed by atoms with Gasteiger partial charge < -0.3 is 14.8 Å². The molecular weight excluding hydrogens is 344 g/mol. The number of likely N-dealkylation sites (N-methyl/N-ethyl adjacent to an activating group) is 1. The fraction of sp³-hybridized carbons (Fsp3) is 0.333. The van der Waals surface area contributed by atoms with Crippen LogP contribution in [-0.2, 0) is 4.79 Å². The smallest absolute Gasteiger partial charge is 0.272 e. The number of fused-ring (bicyclic) bond motifs is 1. The van der Waals surface area contributed by atoms with E-state index in [9.17, 15) is 14.0 Å². The first-order valence-electron chi connectivity index (χ1n) is 7.01. The molecule has 1 N–H and O–H groups in total. The lowest BCUT2D eigenvalue weighted by molar-refractivity contribution is -0.135. The van der Waals surface area contributed by atoms with E-state index in [-0.39, 0.29) is 39.6 Å². The predicted molar refractivity (Wildman–Crippen MR) is 86.4 cm³/mol. The second-order valence-corrected chi connectivity index (χ2v) is 6.41. The third-order valence-corrected chi connectivity index (χ3v) is 4.82. The molecule has 1 aliphatic rings. The number of hydrogen-bond acceptors (Lipinski definition) is 2. The first-order valence-corrected chi connectivity index (χ1v) is 7.77. The van der Waals surface area contributed by atoms with Gasteiger partial charge in [0.2, 0.25) is 5.91 Å². The average molecular weight is 358 g/mol.